The smallest absolute Gasteiger partial charge is 0.282 e. The molecule has 0 aliphatic carbocycles. The van der Waals surface area contributed by atoms with Crippen LogP contribution in [0.3, 0.4) is 0 Å². The molecule has 5 heteroatoms. The van der Waals surface area contributed by atoms with Gasteiger partial charge in [-0.2, -0.15) is 0 Å². The number of nitrogens with one attached hydrogen (secondary N) is 1. The van der Waals surface area contributed by atoms with Crippen molar-refractivity contribution in [2.24, 2.45) is 0 Å². The largest absolute Gasteiger partial charge is 0.350 e. The van der Waals surface area contributed by atoms with Crippen LogP contribution in [0.15, 0.2) is 71.7 Å². The van der Waals surface area contributed by atoms with E-state index in [9.17, 15) is 9.59 Å². The van der Waals surface area contributed by atoms with E-state index >= 15 is 0 Å². The van der Waals surface area contributed by atoms with Gasteiger partial charge in [-0.15, -0.1) is 11.3 Å². The maximum absolute atomic E-state index is 13.4. The van der Waals surface area contributed by atoms with Crippen molar-refractivity contribution in [3.63, 3.8) is 0 Å². The van der Waals surface area contributed by atoms with E-state index in [0.717, 1.165) is 35.4 Å². The topological polar surface area (TPSA) is 49.4 Å². The highest BCUT2D eigenvalue weighted by Crippen LogP contribution is 2.35. The lowest BCUT2D eigenvalue weighted by Gasteiger charge is -2.16. The predicted molar refractivity (Wildman–Crippen MR) is 124 cm³/mol. The Bertz CT molecular complexity index is 1100. The molecule has 4 rings (SSSR count). The van der Waals surface area contributed by atoms with Gasteiger partial charge in [0.05, 0.1) is 11.3 Å². The summed E-state index contributed by atoms with van der Waals surface area (Å²) in [5.41, 5.74) is 4.42. The summed E-state index contributed by atoms with van der Waals surface area (Å²) in [6.45, 7) is 4.16. The highest BCUT2D eigenvalue weighted by molar-refractivity contribution is 7.11. The SMILES string of the molecule is CCCCc1ccc(N2C(=O)C(Nc3cccc(C)c3)=C(c3cccs3)C2=O)cc1. The number of hydrogen-bond donors (Lipinski definition) is 1. The number of nitrogens with zero attached hydrogens (tertiary/aromatic N) is 1. The second kappa shape index (κ2) is 8.67. The minimum Gasteiger partial charge on any atom is -0.350 e. The van der Waals surface area contributed by atoms with Crippen LogP contribution in [0.4, 0.5) is 11.4 Å². The Hall–Kier alpha value is -3.18. The van der Waals surface area contributed by atoms with Crippen molar-refractivity contribution in [2.45, 2.75) is 33.1 Å². The normalized spacial score (nSPS) is 14.0. The van der Waals surface area contributed by atoms with Gasteiger partial charge in [-0.1, -0.05) is 43.7 Å². The quantitative estimate of drug-likeness (QED) is 0.496. The van der Waals surface area contributed by atoms with E-state index in [2.05, 4.69) is 12.2 Å². The summed E-state index contributed by atoms with van der Waals surface area (Å²) in [5, 5.41) is 5.13. The van der Waals surface area contributed by atoms with Gasteiger partial charge in [-0.25, -0.2) is 4.90 Å². The number of hydrogen-bond acceptors (Lipinski definition) is 4. The molecule has 0 atom stereocenters. The minimum absolute atomic E-state index is 0.293. The third kappa shape index (κ3) is 3.94. The molecule has 0 saturated carbocycles. The van der Waals surface area contributed by atoms with E-state index < -0.39 is 0 Å². The fourth-order valence-corrected chi connectivity index (χ4v) is 4.36. The van der Waals surface area contributed by atoms with Crippen molar-refractivity contribution in [3.8, 4) is 0 Å². The third-order valence-corrected chi connectivity index (χ3v) is 6.04. The standard InChI is InChI=1S/C25H24N2O2S/c1-3-4-8-18-11-13-20(14-12-18)27-24(28)22(21-10-6-15-30-21)23(25(27)29)26-19-9-5-7-17(2)16-19/h5-7,9-16,26H,3-4,8H2,1-2H3. The van der Waals surface area contributed by atoms with Crippen LogP contribution in [0.5, 0.6) is 0 Å². The van der Waals surface area contributed by atoms with Crippen LogP contribution in [0, 0.1) is 6.92 Å². The maximum atomic E-state index is 13.4. The Morgan fingerprint density at radius 3 is 2.43 bits per heavy atom. The van der Waals surface area contributed by atoms with Crippen molar-refractivity contribution in [2.75, 3.05) is 10.2 Å². The monoisotopic (exact) mass is 416 g/mol. The lowest BCUT2D eigenvalue weighted by atomic mass is 10.1. The van der Waals surface area contributed by atoms with E-state index in [1.807, 2.05) is 73.0 Å². The molecule has 0 saturated heterocycles. The first-order valence-electron chi connectivity index (χ1n) is 10.2. The fraction of sp³-hybridized carbons (Fsp3) is 0.200. The Morgan fingerprint density at radius 1 is 0.967 bits per heavy atom. The molecule has 0 radical (unpaired) electrons. The molecule has 2 aromatic carbocycles. The van der Waals surface area contributed by atoms with Crippen LogP contribution in [0.25, 0.3) is 5.57 Å². The number of anilines is 2. The number of benzene rings is 2. The van der Waals surface area contributed by atoms with E-state index in [1.165, 1.54) is 21.8 Å². The molecule has 1 aliphatic rings. The summed E-state index contributed by atoms with van der Waals surface area (Å²) in [6.07, 6.45) is 3.25. The summed E-state index contributed by atoms with van der Waals surface area (Å²) in [4.78, 5) is 28.8. The molecule has 0 unspecified atom stereocenters. The van der Waals surface area contributed by atoms with Crippen LogP contribution < -0.4 is 10.2 Å². The van der Waals surface area contributed by atoms with Gasteiger partial charge in [0, 0.05) is 10.6 Å². The number of amides is 2. The number of aryl methyl sites for hydroxylation is 2. The molecule has 152 valence electrons. The van der Waals surface area contributed by atoms with Crippen molar-refractivity contribution in [1.82, 2.24) is 0 Å². The van der Waals surface area contributed by atoms with E-state index in [1.54, 1.807) is 0 Å². The zero-order valence-corrected chi connectivity index (χ0v) is 18.0. The molecule has 0 bridgehead atoms. The van der Waals surface area contributed by atoms with Crippen molar-refractivity contribution in [1.29, 1.82) is 0 Å². The number of unbranched alkanes of at least 4 members (excludes halogenated alkanes) is 1. The van der Waals surface area contributed by atoms with Gasteiger partial charge in [0.1, 0.15) is 5.70 Å². The summed E-state index contributed by atoms with van der Waals surface area (Å²) in [7, 11) is 0. The van der Waals surface area contributed by atoms with Crippen LogP contribution in [-0.2, 0) is 16.0 Å². The zero-order valence-electron chi connectivity index (χ0n) is 17.1. The minimum atomic E-state index is -0.328. The first-order valence-corrected chi connectivity index (χ1v) is 11.1. The molecule has 1 N–H and O–H groups in total. The Balaban J connectivity index is 1.69. The van der Waals surface area contributed by atoms with Crippen LogP contribution >= 0.6 is 11.3 Å². The molecule has 30 heavy (non-hydrogen) atoms. The third-order valence-electron chi connectivity index (χ3n) is 5.15. The van der Waals surface area contributed by atoms with Crippen LogP contribution in [0.2, 0.25) is 0 Å². The van der Waals surface area contributed by atoms with Gasteiger partial charge < -0.3 is 5.32 Å². The molecule has 2 heterocycles. The summed E-state index contributed by atoms with van der Waals surface area (Å²) in [5.74, 6) is -0.620. The van der Waals surface area contributed by atoms with E-state index in [-0.39, 0.29) is 11.8 Å². The molecule has 1 aromatic heterocycles. The van der Waals surface area contributed by atoms with Gasteiger partial charge in [0.25, 0.3) is 11.8 Å². The fourth-order valence-electron chi connectivity index (χ4n) is 3.59. The molecule has 3 aromatic rings. The lowest BCUT2D eigenvalue weighted by molar-refractivity contribution is -0.120. The Labute approximate surface area is 180 Å². The first-order chi connectivity index (χ1) is 14.6. The maximum Gasteiger partial charge on any atom is 0.282 e. The molecular formula is C25H24N2O2S. The summed E-state index contributed by atoms with van der Waals surface area (Å²) >= 11 is 1.45. The summed E-state index contributed by atoms with van der Waals surface area (Å²) in [6, 6.07) is 19.3. The number of carbonyl (C=O) groups excluding carboxylic acids is 2. The Morgan fingerprint density at radius 2 is 1.77 bits per heavy atom. The number of thiophene rings is 1. The van der Waals surface area contributed by atoms with Crippen molar-refractivity contribution >= 4 is 40.1 Å². The van der Waals surface area contributed by atoms with Crippen molar-refractivity contribution in [3.05, 3.63) is 87.7 Å². The lowest BCUT2D eigenvalue weighted by Crippen LogP contribution is -2.32. The predicted octanol–water partition coefficient (Wildman–Crippen LogP) is 5.80. The second-order valence-electron chi connectivity index (χ2n) is 7.44. The number of carbonyl (C=O) groups is 2. The molecule has 4 nitrogen and oxygen atoms in total. The number of rotatable bonds is 7. The second-order valence-corrected chi connectivity index (χ2v) is 8.39. The molecular weight excluding hydrogens is 392 g/mol. The van der Waals surface area contributed by atoms with Gasteiger partial charge in [0.15, 0.2) is 0 Å². The number of imide groups is 1. The van der Waals surface area contributed by atoms with Gasteiger partial charge in [-0.05, 0) is 66.6 Å². The first kappa shape index (κ1) is 20.1. The molecule has 2 amide bonds. The average Bonchev–Trinajstić information content (AvgIpc) is 3.34. The van der Waals surface area contributed by atoms with Crippen LogP contribution in [0.1, 0.15) is 35.8 Å². The van der Waals surface area contributed by atoms with E-state index in [0.29, 0.717) is 17.0 Å². The molecule has 0 spiro atoms. The molecule has 1 aliphatic heterocycles. The highest BCUT2D eigenvalue weighted by atomic mass is 32.1. The van der Waals surface area contributed by atoms with E-state index in [4.69, 9.17) is 0 Å². The van der Waals surface area contributed by atoms with Crippen LogP contribution in [-0.4, -0.2) is 11.8 Å². The van der Waals surface area contributed by atoms with Gasteiger partial charge in [-0.3, -0.25) is 9.59 Å². The van der Waals surface area contributed by atoms with Gasteiger partial charge >= 0.3 is 0 Å². The average molecular weight is 417 g/mol. The van der Waals surface area contributed by atoms with Crippen molar-refractivity contribution < 1.29 is 9.59 Å². The Kier molecular flexibility index (Phi) is 5.81. The molecule has 0 fully saturated rings. The highest BCUT2D eigenvalue weighted by Gasteiger charge is 2.40. The zero-order chi connectivity index (χ0) is 21.1. The summed E-state index contributed by atoms with van der Waals surface area (Å²) < 4.78 is 0. The van der Waals surface area contributed by atoms with Gasteiger partial charge in [0.2, 0.25) is 0 Å².